The highest BCUT2D eigenvalue weighted by Crippen LogP contribution is 2.38. The average Bonchev–Trinajstić information content (AvgIpc) is 3.03. The van der Waals surface area contributed by atoms with Crippen LogP contribution < -0.4 is 4.74 Å². The summed E-state index contributed by atoms with van der Waals surface area (Å²) in [5.41, 5.74) is 0. The number of aliphatic hydroxyl groups is 2. The minimum absolute atomic E-state index is 0.0724. The summed E-state index contributed by atoms with van der Waals surface area (Å²) < 4.78 is 24.9. The van der Waals surface area contributed by atoms with Gasteiger partial charge >= 0.3 is 5.97 Å². The maximum atomic E-state index is 14.4. The lowest BCUT2D eigenvalue weighted by molar-refractivity contribution is -0.143. The fraction of sp³-hybridized carbons (Fsp3) is 0.640. The van der Waals surface area contributed by atoms with Crippen LogP contribution in [-0.2, 0) is 9.53 Å². The summed E-state index contributed by atoms with van der Waals surface area (Å²) in [4.78, 5) is 11.5. The summed E-state index contributed by atoms with van der Waals surface area (Å²) in [5.74, 6) is 0.104. The Morgan fingerprint density at radius 1 is 1.28 bits per heavy atom. The van der Waals surface area contributed by atoms with E-state index in [-0.39, 0.29) is 30.8 Å². The first kappa shape index (κ1) is 26.6. The molecule has 1 aliphatic carbocycles. The number of hydrogen-bond donors (Lipinski definition) is 2. The van der Waals surface area contributed by atoms with Gasteiger partial charge < -0.3 is 19.7 Å². The molecule has 0 aliphatic heterocycles. The first-order valence-corrected chi connectivity index (χ1v) is 12.0. The predicted molar refractivity (Wildman–Crippen MR) is 124 cm³/mol. The van der Waals surface area contributed by atoms with Crippen LogP contribution in [0.5, 0.6) is 5.75 Å². The number of aliphatic hydroxyl groups excluding tert-OH is 2. The number of benzene rings is 1. The molecule has 2 rings (SSSR count). The van der Waals surface area contributed by atoms with Gasteiger partial charge in [0.05, 0.1) is 18.8 Å². The molecule has 0 unspecified atom stereocenters. The monoisotopic (exact) mass is 470 g/mol. The normalized spacial score (nSPS) is 24.0. The zero-order valence-electron chi connectivity index (χ0n) is 18.8. The van der Waals surface area contributed by atoms with Gasteiger partial charge in [-0.25, -0.2) is 4.39 Å². The lowest BCUT2D eigenvalue weighted by Gasteiger charge is -2.23. The minimum atomic E-state index is -1.16. The van der Waals surface area contributed by atoms with Gasteiger partial charge in [-0.15, -0.1) is 0 Å². The topological polar surface area (TPSA) is 76.0 Å². The Morgan fingerprint density at radius 3 is 2.81 bits per heavy atom. The number of carbonyl (C=O) groups is 1. The fourth-order valence-corrected chi connectivity index (χ4v) is 4.31. The number of alkyl halides is 1. The molecule has 1 fully saturated rings. The highest BCUT2D eigenvalue weighted by Gasteiger charge is 2.40. The predicted octanol–water partition coefficient (Wildman–Crippen LogP) is 5.26. The Morgan fingerprint density at radius 2 is 2.06 bits per heavy atom. The number of allylic oxidation sites excluding steroid dienone is 2. The molecular formula is C25H36ClFO5. The highest BCUT2D eigenvalue weighted by atomic mass is 35.5. The van der Waals surface area contributed by atoms with Gasteiger partial charge in [0.25, 0.3) is 0 Å². The Labute approximate surface area is 195 Å². The standard InChI is InChI=1S/C25H36ClFO5/c1-2-14-31-25(30)11-6-4-3-5-10-21-22(24(29)16-23(21)28)13-12-19(27)17-32-20-9-7-8-18(26)15-20/h3,5,7-9,15,19,21-24,28-29H,2,4,6,10-14,16-17H2,1H3/b5-3-/t19-,21-,22-,23+,24-/m1/s1. The summed E-state index contributed by atoms with van der Waals surface area (Å²) >= 11 is 5.90. The Bertz CT molecular complexity index is 713. The van der Waals surface area contributed by atoms with Gasteiger partial charge in [0.2, 0.25) is 0 Å². The summed E-state index contributed by atoms with van der Waals surface area (Å²) in [5, 5.41) is 21.2. The molecule has 32 heavy (non-hydrogen) atoms. The Balaban J connectivity index is 1.71. The van der Waals surface area contributed by atoms with E-state index in [1.807, 2.05) is 19.1 Å². The number of esters is 1. The fourth-order valence-electron chi connectivity index (χ4n) is 4.13. The molecule has 0 heterocycles. The molecule has 5 atom stereocenters. The molecule has 0 saturated heterocycles. The quantitative estimate of drug-likeness (QED) is 0.220. The van der Waals surface area contributed by atoms with Gasteiger partial charge in [-0.2, -0.15) is 0 Å². The molecule has 5 nitrogen and oxygen atoms in total. The van der Waals surface area contributed by atoms with Crippen LogP contribution in [-0.4, -0.2) is 47.8 Å². The number of hydrogen-bond acceptors (Lipinski definition) is 5. The molecule has 7 heteroatoms. The van der Waals surface area contributed by atoms with Gasteiger partial charge in [0.1, 0.15) is 18.5 Å². The van der Waals surface area contributed by atoms with Gasteiger partial charge in [0, 0.05) is 11.4 Å². The van der Waals surface area contributed by atoms with Crippen LogP contribution in [0.2, 0.25) is 5.02 Å². The van der Waals surface area contributed by atoms with Crippen LogP contribution in [0.3, 0.4) is 0 Å². The van der Waals surface area contributed by atoms with Crippen molar-refractivity contribution < 1.29 is 28.9 Å². The number of unbranched alkanes of at least 4 members (excludes halogenated alkanes) is 1. The molecule has 1 aliphatic rings. The molecule has 1 aromatic rings. The first-order valence-electron chi connectivity index (χ1n) is 11.6. The van der Waals surface area contributed by atoms with E-state index >= 15 is 0 Å². The SMILES string of the molecule is CCCOC(=O)CCC/C=C\C[C@@H]1[C@@H](CC[C@@H](F)COc2cccc(Cl)c2)[C@H](O)C[C@@H]1O. The molecule has 2 N–H and O–H groups in total. The van der Waals surface area contributed by atoms with Gasteiger partial charge in [0.15, 0.2) is 0 Å². The van der Waals surface area contributed by atoms with E-state index in [1.165, 1.54) is 0 Å². The molecule has 180 valence electrons. The van der Waals surface area contributed by atoms with Crippen LogP contribution in [0.1, 0.15) is 58.3 Å². The van der Waals surface area contributed by atoms with E-state index in [0.717, 1.165) is 12.8 Å². The molecular weight excluding hydrogens is 435 g/mol. The third-order valence-corrected chi connectivity index (χ3v) is 6.09. The van der Waals surface area contributed by atoms with Crippen molar-refractivity contribution in [3.63, 3.8) is 0 Å². The van der Waals surface area contributed by atoms with Crippen molar-refractivity contribution >= 4 is 17.6 Å². The second-order valence-electron chi connectivity index (χ2n) is 8.46. The van der Waals surface area contributed by atoms with E-state index in [0.29, 0.717) is 49.5 Å². The largest absolute Gasteiger partial charge is 0.491 e. The van der Waals surface area contributed by atoms with Crippen LogP contribution in [0, 0.1) is 11.8 Å². The van der Waals surface area contributed by atoms with E-state index in [9.17, 15) is 19.4 Å². The molecule has 0 spiro atoms. The molecule has 0 amide bonds. The lowest BCUT2D eigenvalue weighted by atomic mass is 9.86. The number of ether oxygens (including phenoxy) is 2. The van der Waals surface area contributed by atoms with E-state index in [2.05, 4.69) is 0 Å². The zero-order chi connectivity index (χ0) is 23.3. The van der Waals surface area contributed by atoms with Crippen LogP contribution in [0.25, 0.3) is 0 Å². The van der Waals surface area contributed by atoms with Crippen molar-refractivity contribution in [1.82, 2.24) is 0 Å². The van der Waals surface area contributed by atoms with Crippen molar-refractivity contribution in [2.45, 2.75) is 76.7 Å². The summed E-state index contributed by atoms with van der Waals surface area (Å²) in [6, 6.07) is 6.84. The smallest absolute Gasteiger partial charge is 0.305 e. The summed E-state index contributed by atoms with van der Waals surface area (Å²) in [6.45, 7) is 2.35. The maximum Gasteiger partial charge on any atom is 0.305 e. The summed E-state index contributed by atoms with van der Waals surface area (Å²) in [6.07, 6.45) is 5.98. The number of rotatable bonds is 14. The van der Waals surface area contributed by atoms with Crippen LogP contribution in [0.15, 0.2) is 36.4 Å². The van der Waals surface area contributed by atoms with E-state index in [4.69, 9.17) is 21.1 Å². The van der Waals surface area contributed by atoms with Crippen molar-refractivity contribution in [3.05, 3.63) is 41.4 Å². The zero-order valence-corrected chi connectivity index (χ0v) is 19.6. The van der Waals surface area contributed by atoms with E-state index < -0.39 is 18.4 Å². The van der Waals surface area contributed by atoms with Crippen molar-refractivity contribution in [2.75, 3.05) is 13.2 Å². The Kier molecular flexibility index (Phi) is 12.1. The van der Waals surface area contributed by atoms with E-state index in [1.54, 1.807) is 24.3 Å². The van der Waals surface area contributed by atoms with Crippen LogP contribution in [0.4, 0.5) is 4.39 Å². The summed E-state index contributed by atoms with van der Waals surface area (Å²) in [7, 11) is 0. The first-order chi connectivity index (χ1) is 15.4. The maximum absolute atomic E-state index is 14.4. The van der Waals surface area contributed by atoms with Gasteiger partial charge in [-0.05, 0) is 75.0 Å². The lowest BCUT2D eigenvalue weighted by Crippen LogP contribution is -2.24. The van der Waals surface area contributed by atoms with Gasteiger partial charge in [-0.1, -0.05) is 36.7 Å². The van der Waals surface area contributed by atoms with Gasteiger partial charge in [-0.3, -0.25) is 4.79 Å². The molecule has 0 bridgehead atoms. The molecule has 1 saturated carbocycles. The Hall–Kier alpha value is -1.63. The molecule has 1 aromatic carbocycles. The highest BCUT2D eigenvalue weighted by molar-refractivity contribution is 6.30. The molecule has 0 aromatic heterocycles. The van der Waals surface area contributed by atoms with Crippen molar-refractivity contribution in [2.24, 2.45) is 11.8 Å². The minimum Gasteiger partial charge on any atom is -0.491 e. The third kappa shape index (κ3) is 9.47. The van der Waals surface area contributed by atoms with Crippen LogP contribution >= 0.6 is 11.6 Å². The second kappa shape index (κ2) is 14.5. The third-order valence-electron chi connectivity index (χ3n) is 5.86. The van der Waals surface area contributed by atoms with Crippen molar-refractivity contribution in [1.29, 1.82) is 0 Å². The average molecular weight is 471 g/mol. The number of carbonyl (C=O) groups excluding carboxylic acids is 1. The van der Waals surface area contributed by atoms with Crippen molar-refractivity contribution in [3.8, 4) is 5.75 Å². The molecule has 0 radical (unpaired) electrons. The second-order valence-corrected chi connectivity index (χ2v) is 8.90. The number of halogens is 2.